The first-order valence-electron chi connectivity index (χ1n) is 9.48. The summed E-state index contributed by atoms with van der Waals surface area (Å²) in [5.74, 6) is 1.94. The van der Waals surface area contributed by atoms with Gasteiger partial charge in [-0.25, -0.2) is 4.98 Å². The number of carbonyl (C=O) groups is 1. The summed E-state index contributed by atoms with van der Waals surface area (Å²) >= 11 is 0. The Morgan fingerprint density at radius 1 is 1.00 bits per heavy atom. The fourth-order valence-electron chi connectivity index (χ4n) is 3.84. The zero-order chi connectivity index (χ0) is 17.8. The van der Waals surface area contributed by atoms with E-state index >= 15 is 0 Å². The van der Waals surface area contributed by atoms with Crippen molar-refractivity contribution >= 4 is 11.7 Å². The minimum absolute atomic E-state index is 0.0686. The average Bonchev–Trinajstić information content (AvgIpc) is 2.73. The van der Waals surface area contributed by atoms with Gasteiger partial charge in [0.05, 0.1) is 0 Å². The highest BCUT2D eigenvalue weighted by atomic mass is 16.5. The lowest BCUT2D eigenvalue weighted by molar-refractivity contribution is -0.133. The molecule has 1 aliphatic heterocycles. The van der Waals surface area contributed by atoms with E-state index in [0.717, 1.165) is 37.5 Å². The number of hydrogen-bond donors (Lipinski definition) is 0. The van der Waals surface area contributed by atoms with Crippen molar-refractivity contribution in [3.05, 3.63) is 53.7 Å². The van der Waals surface area contributed by atoms with Crippen LogP contribution < -0.4 is 9.64 Å². The average molecular weight is 351 g/mol. The molecule has 0 N–H and O–H groups in total. The van der Waals surface area contributed by atoms with Crippen LogP contribution in [0.2, 0.25) is 0 Å². The van der Waals surface area contributed by atoms with Gasteiger partial charge in [-0.1, -0.05) is 18.2 Å². The van der Waals surface area contributed by atoms with Gasteiger partial charge in [-0.15, -0.1) is 0 Å². The number of amides is 1. The molecule has 1 aromatic carbocycles. The number of hydrogen-bond acceptors (Lipinski definition) is 4. The van der Waals surface area contributed by atoms with E-state index in [0.29, 0.717) is 13.1 Å². The normalized spacial score (nSPS) is 16.9. The molecule has 0 atom stereocenters. The van der Waals surface area contributed by atoms with Gasteiger partial charge in [0.25, 0.3) is 5.91 Å². The van der Waals surface area contributed by atoms with Crippen LogP contribution in [0.15, 0.2) is 42.6 Å². The minimum atomic E-state index is 0.0686. The van der Waals surface area contributed by atoms with Crippen LogP contribution in [0.3, 0.4) is 0 Å². The Morgan fingerprint density at radius 2 is 1.85 bits per heavy atom. The molecular weight excluding hydrogens is 326 g/mol. The second kappa shape index (κ2) is 7.77. The molecular formula is C21H25N3O2. The molecule has 2 aromatic rings. The van der Waals surface area contributed by atoms with E-state index in [1.165, 1.54) is 24.0 Å². The van der Waals surface area contributed by atoms with Crippen molar-refractivity contribution in [1.82, 2.24) is 9.88 Å². The number of rotatable bonds is 4. The van der Waals surface area contributed by atoms with E-state index in [-0.39, 0.29) is 12.5 Å². The Labute approximate surface area is 154 Å². The number of carbonyl (C=O) groups excluding carboxylic acids is 1. The molecule has 0 saturated carbocycles. The maximum Gasteiger partial charge on any atom is 0.260 e. The highest BCUT2D eigenvalue weighted by Gasteiger charge is 2.22. The third kappa shape index (κ3) is 3.66. The van der Waals surface area contributed by atoms with Crippen molar-refractivity contribution in [3.63, 3.8) is 0 Å². The molecule has 0 bridgehead atoms. The fraction of sp³-hybridized carbons (Fsp3) is 0.429. The fourth-order valence-corrected chi connectivity index (χ4v) is 3.84. The molecule has 5 heteroatoms. The summed E-state index contributed by atoms with van der Waals surface area (Å²) in [6.45, 7) is 3.17. The van der Waals surface area contributed by atoms with Crippen molar-refractivity contribution in [2.75, 3.05) is 37.7 Å². The first kappa shape index (κ1) is 16.9. The van der Waals surface area contributed by atoms with Crippen LogP contribution in [0.25, 0.3) is 0 Å². The van der Waals surface area contributed by atoms with Crippen LogP contribution in [0.5, 0.6) is 5.75 Å². The first-order chi connectivity index (χ1) is 12.8. The van der Waals surface area contributed by atoms with E-state index in [4.69, 9.17) is 4.74 Å². The van der Waals surface area contributed by atoms with Gasteiger partial charge in [-0.3, -0.25) is 4.79 Å². The number of ether oxygens (including phenoxy) is 1. The van der Waals surface area contributed by atoms with Crippen molar-refractivity contribution in [3.8, 4) is 5.75 Å². The van der Waals surface area contributed by atoms with Gasteiger partial charge in [0.2, 0.25) is 0 Å². The van der Waals surface area contributed by atoms with Crippen LogP contribution in [0, 0.1) is 0 Å². The summed E-state index contributed by atoms with van der Waals surface area (Å²) in [6, 6.07) is 12.1. The van der Waals surface area contributed by atoms with E-state index < -0.39 is 0 Å². The first-order valence-corrected chi connectivity index (χ1v) is 9.48. The second-order valence-electron chi connectivity index (χ2n) is 6.95. The number of benzene rings is 1. The number of nitrogens with zero attached hydrogens (tertiary/aromatic N) is 3. The smallest absolute Gasteiger partial charge is 0.260 e. The van der Waals surface area contributed by atoms with E-state index in [1.807, 2.05) is 35.2 Å². The molecule has 1 saturated heterocycles. The highest BCUT2D eigenvalue weighted by molar-refractivity contribution is 5.78. The summed E-state index contributed by atoms with van der Waals surface area (Å²) in [5, 5.41) is 0. The molecule has 26 heavy (non-hydrogen) atoms. The molecule has 0 spiro atoms. The zero-order valence-corrected chi connectivity index (χ0v) is 15.1. The Balaban J connectivity index is 1.31. The number of aryl methyl sites for hydroxylation is 1. The lowest BCUT2D eigenvalue weighted by Gasteiger charge is -2.35. The minimum Gasteiger partial charge on any atom is -0.483 e. The van der Waals surface area contributed by atoms with E-state index in [1.54, 1.807) is 6.20 Å². The Hall–Kier alpha value is -2.56. The standard InChI is InChI=1S/C21H25N3O2/c25-21(16-26-19-9-5-7-17-6-1-2-8-18(17)19)24-14-12-23(13-15-24)20-10-3-4-11-22-20/h3-5,7,9-11H,1-2,6,8,12-16H2. The van der Waals surface area contributed by atoms with Crippen molar-refractivity contribution in [2.45, 2.75) is 25.7 Å². The number of fused-ring (bicyclic) bond motifs is 1. The molecule has 136 valence electrons. The molecule has 2 aliphatic rings. The predicted molar refractivity (Wildman–Crippen MR) is 102 cm³/mol. The Kier molecular flexibility index (Phi) is 5.04. The summed E-state index contributed by atoms with van der Waals surface area (Å²) < 4.78 is 5.91. The number of aromatic nitrogens is 1. The highest BCUT2D eigenvalue weighted by Crippen LogP contribution is 2.29. The second-order valence-corrected chi connectivity index (χ2v) is 6.95. The van der Waals surface area contributed by atoms with Crippen LogP contribution in [0.1, 0.15) is 24.0 Å². The zero-order valence-electron chi connectivity index (χ0n) is 15.1. The van der Waals surface area contributed by atoms with E-state index in [9.17, 15) is 4.79 Å². The van der Waals surface area contributed by atoms with Crippen molar-refractivity contribution in [2.24, 2.45) is 0 Å². The van der Waals surface area contributed by atoms with Gasteiger partial charge in [0, 0.05) is 32.4 Å². The van der Waals surface area contributed by atoms with Gasteiger partial charge < -0.3 is 14.5 Å². The summed E-state index contributed by atoms with van der Waals surface area (Å²) in [7, 11) is 0. The number of piperazine rings is 1. The quantitative estimate of drug-likeness (QED) is 0.850. The Morgan fingerprint density at radius 3 is 2.65 bits per heavy atom. The third-order valence-corrected chi connectivity index (χ3v) is 5.31. The van der Waals surface area contributed by atoms with Gasteiger partial charge >= 0.3 is 0 Å². The molecule has 2 heterocycles. The van der Waals surface area contributed by atoms with Gasteiger partial charge in [0.15, 0.2) is 6.61 Å². The number of anilines is 1. The molecule has 1 aromatic heterocycles. The largest absolute Gasteiger partial charge is 0.483 e. The summed E-state index contributed by atoms with van der Waals surface area (Å²) in [5.41, 5.74) is 2.68. The van der Waals surface area contributed by atoms with Gasteiger partial charge in [0.1, 0.15) is 11.6 Å². The maximum atomic E-state index is 12.5. The predicted octanol–water partition coefficient (Wildman–Crippen LogP) is 2.69. The lowest BCUT2D eigenvalue weighted by atomic mass is 9.91. The van der Waals surface area contributed by atoms with Crippen LogP contribution in [0.4, 0.5) is 5.82 Å². The lowest BCUT2D eigenvalue weighted by Crippen LogP contribution is -2.50. The third-order valence-electron chi connectivity index (χ3n) is 5.31. The van der Waals surface area contributed by atoms with Crippen LogP contribution in [-0.2, 0) is 17.6 Å². The molecule has 0 radical (unpaired) electrons. The summed E-state index contributed by atoms with van der Waals surface area (Å²) in [6.07, 6.45) is 6.44. The maximum absolute atomic E-state index is 12.5. The molecule has 1 aliphatic carbocycles. The van der Waals surface area contributed by atoms with E-state index in [2.05, 4.69) is 16.0 Å². The SMILES string of the molecule is O=C(COc1cccc2c1CCCC2)N1CCN(c2ccccn2)CC1. The number of pyridine rings is 1. The molecule has 1 amide bonds. The Bertz CT molecular complexity index is 755. The summed E-state index contributed by atoms with van der Waals surface area (Å²) in [4.78, 5) is 21.1. The van der Waals surface area contributed by atoms with Gasteiger partial charge in [-0.2, -0.15) is 0 Å². The molecule has 0 unspecified atom stereocenters. The van der Waals surface area contributed by atoms with Crippen molar-refractivity contribution < 1.29 is 9.53 Å². The van der Waals surface area contributed by atoms with Crippen molar-refractivity contribution in [1.29, 1.82) is 0 Å². The van der Waals surface area contributed by atoms with Crippen LogP contribution in [-0.4, -0.2) is 48.6 Å². The van der Waals surface area contributed by atoms with Crippen LogP contribution >= 0.6 is 0 Å². The molecule has 5 nitrogen and oxygen atoms in total. The molecule has 4 rings (SSSR count). The topological polar surface area (TPSA) is 45.7 Å². The molecule has 1 fully saturated rings. The monoisotopic (exact) mass is 351 g/mol. The van der Waals surface area contributed by atoms with Gasteiger partial charge in [-0.05, 0) is 55.0 Å².